The van der Waals surface area contributed by atoms with Gasteiger partial charge in [-0.1, -0.05) is 0 Å². The van der Waals surface area contributed by atoms with E-state index >= 15 is 0 Å². The minimum atomic E-state index is -4.38. The minimum Gasteiger partial charge on any atom is -0.508 e. The van der Waals surface area contributed by atoms with E-state index in [0.717, 1.165) is 6.07 Å². The molecule has 1 spiro atoms. The predicted octanol–water partition coefficient (Wildman–Crippen LogP) is 3.58. The molecule has 0 bridgehead atoms. The number of phenolic OH excluding ortho intramolecular Hbond substituents is 1. The van der Waals surface area contributed by atoms with Crippen molar-refractivity contribution in [3.63, 3.8) is 0 Å². The van der Waals surface area contributed by atoms with Crippen LogP contribution in [0.2, 0.25) is 0 Å². The SMILES string of the molecule is CC(=O)Nc1ccc(O)cc1OC[C@H](O)CN1CCC2(CC1)Cc1cc(C(F)(F)F)ccc1O2. The highest BCUT2D eigenvalue weighted by Crippen LogP contribution is 2.43. The number of hydrogen-bond donors (Lipinski definition) is 3. The van der Waals surface area contributed by atoms with E-state index in [9.17, 15) is 28.2 Å². The summed E-state index contributed by atoms with van der Waals surface area (Å²) in [4.78, 5) is 13.4. The standard InChI is InChI=1S/C24H27F3N2O5/c1-15(30)28-20-4-3-18(31)11-22(20)33-14-19(32)13-29-8-6-23(7-9-29)12-16-10-17(24(25,26)27)2-5-21(16)34-23/h2-5,10-11,19,31-32H,6-9,12-14H2,1H3,(H,28,30)/t19-/m1/s1. The van der Waals surface area contributed by atoms with Crippen LogP contribution >= 0.6 is 0 Å². The van der Waals surface area contributed by atoms with Crippen LogP contribution < -0.4 is 14.8 Å². The number of likely N-dealkylation sites (tertiary alicyclic amines) is 1. The van der Waals surface area contributed by atoms with Crippen molar-refractivity contribution in [2.24, 2.45) is 0 Å². The van der Waals surface area contributed by atoms with E-state index in [0.29, 0.717) is 55.9 Å². The number of aromatic hydroxyl groups is 1. The van der Waals surface area contributed by atoms with E-state index in [4.69, 9.17) is 9.47 Å². The maximum Gasteiger partial charge on any atom is 0.416 e. The number of nitrogens with one attached hydrogen (secondary N) is 1. The number of hydrogen-bond acceptors (Lipinski definition) is 6. The third-order valence-corrected chi connectivity index (χ3v) is 6.17. The number of carbonyl (C=O) groups is 1. The van der Waals surface area contributed by atoms with Crippen LogP contribution in [-0.2, 0) is 17.4 Å². The summed E-state index contributed by atoms with van der Waals surface area (Å²) in [6.45, 7) is 2.91. The molecule has 10 heteroatoms. The van der Waals surface area contributed by atoms with Gasteiger partial charge >= 0.3 is 6.18 Å². The van der Waals surface area contributed by atoms with Crippen LogP contribution in [0.1, 0.15) is 30.9 Å². The van der Waals surface area contributed by atoms with Crippen molar-refractivity contribution in [1.29, 1.82) is 0 Å². The summed E-state index contributed by atoms with van der Waals surface area (Å²) in [6, 6.07) is 7.92. The van der Waals surface area contributed by atoms with Gasteiger partial charge in [-0.25, -0.2) is 0 Å². The molecule has 34 heavy (non-hydrogen) atoms. The van der Waals surface area contributed by atoms with Gasteiger partial charge in [0.2, 0.25) is 5.91 Å². The highest BCUT2D eigenvalue weighted by Gasteiger charge is 2.43. The van der Waals surface area contributed by atoms with Crippen molar-refractivity contribution in [1.82, 2.24) is 4.90 Å². The first kappa shape index (κ1) is 24.2. The van der Waals surface area contributed by atoms with Crippen LogP contribution in [0.3, 0.4) is 0 Å². The van der Waals surface area contributed by atoms with Gasteiger partial charge < -0.3 is 29.9 Å². The lowest BCUT2D eigenvalue weighted by Crippen LogP contribution is -2.49. The van der Waals surface area contributed by atoms with Gasteiger partial charge in [-0.3, -0.25) is 4.79 Å². The van der Waals surface area contributed by atoms with Gasteiger partial charge in [0.1, 0.15) is 35.6 Å². The van der Waals surface area contributed by atoms with E-state index in [-0.39, 0.29) is 24.0 Å². The first-order valence-corrected chi connectivity index (χ1v) is 11.1. The van der Waals surface area contributed by atoms with E-state index < -0.39 is 23.4 Å². The Morgan fingerprint density at radius 1 is 1.24 bits per heavy atom. The summed E-state index contributed by atoms with van der Waals surface area (Å²) < 4.78 is 50.8. The van der Waals surface area contributed by atoms with Gasteiger partial charge in [-0.15, -0.1) is 0 Å². The number of aliphatic hydroxyl groups is 1. The number of amides is 1. The van der Waals surface area contributed by atoms with Crippen LogP contribution in [-0.4, -0.2) is 59.0 Å². The molecule has 4 rings (SSSR count). The number of carbonyl (C=O) groups excluding carboxylic acids is 1. The summed E-state index contributed by atoms with van der Waals surface area (Å²) in [5.41, 5.74) is -0.206. The Hall–Kier alpha value is -2.98. The number of piperidine rings is 1. The Morgan fingerprint density at radius 3 is 2.65 bits per heavy atom. The number of ether oxygens (including phenoxy) is 2. The first-order valence-electron chi connectivity index (χ1n) is 11.1. The molecule has 1 fully saturated rings. The topological polar surface area (TPSA) is 91.3 Å². The van der Waals surface area contributed by atoms with E-state index in [1.807, 2.05) is 0 Å². The van der Waals surface area contributed by atoms with Crippen LogP contribution in [0.15, 0.2) is 36.4 Å². The van der Waals surface area contributed by atoms with Crippen molar-refractivity contribution in [2.45, 2.75) is 44.1 Å². The molecule has 0 saturated carbocycles. The zero-order chi connectivity index (χ0) is 24.5. The van der Waals surface area contributed by atoms with E-state index in [1.165, 1.54) is 37.3 Å². The Morgan fingerprint density at radius 2 is 1.97 bits per heavy atom. The molecular formula is C24H27F3N2O5. The van der Waals surface area contributed by atoms with E-state index in [1.54, 1.807) is 0 Å². The number of aliphatic hydroxyl groups excluding tert-OH is 1. The molecule has 0 aromatic heterocycles. The largest absolute Gasteiger partial charge is 0.508 e. The lowest BCUT2D eigenvalue weighted by molar-refractivity contribution is -0.137. The Bertz CT molecular complexity index is 1050. The number of halogens is 3. The van der Waals surface area contributed by atoms with Gasteiger partial charge in [-0.2, -0.15) is 13.2 Å². The number of alkyl halides is 3. The molecule has 1 amide bonds. The molecule has 2 aliphatic rings. The summed E-state index contributed by atoms with van der Waals surface area (Å²) >= 11 is 0. The Kier molecular flexibility index (Phi) is 6.64. The molecule has 3 N–H and O–H groups in total. The molecule has 0 aliphatic carbocycles. The molecule has 0 radical (unpaired) electrons. The van der Waals surface area contributed by atoms with Crippen LogP contribution in [0.4, 0.5) is 18.9 Å². The number of nitrogens with zero attached hydrogens (tertiary/aromatic N) is 1. The molecule has 2 aliphatic heterocycles. The predicted molar refractivity (Wildman–Crippen MR) is 118 cm³/mol. The Balaban J connectivity index is 1.28. The number of β-amino-alcohol motifs (C(OH)–C–C–N with tert-alkyl or cyclic N) is 1. The fourth-order valence-electron chi connectivity index (χ4n) is 4.49. The second-order valence-corrected chi connectivity index (χ2v) is 8.91. The molecule has 1 saturated heterocycles. The maximum absolute atomic E-state index is 13.0. The fourth-order valence-corrected chi connectivity index (χ4v) is 4.49. The zero-order valence-corrected chi connectivity index (χ0v) is 18.7. The van der Waals surface area contributed by atoms with E-state index in [2.05, 4.69) is 10.2 Å². The maximum atomic E-state index is 13.0. The fraction of sp³-hybridized carbons (Fsp3) is 0.458. The molecule has 184 valence electrons. The average Bonchev–Trinajstić information content (AvgIpc) is 3.12. The van der Waals surface area contributed by atoms with Crippen molar-refractivity contribution >= 4 is 11.6 Å². The van der Waals surface area contributed by atoms with Gasteiger partial charge in [0.25, 0.3) is 0 Å². The third kappa shape index (κ3) is 5.56. The summed E-state index contributed by atoms with van der Waals surface area (Å²) in [5, 5.41) is 22.8. The zero-order valence-electron chi connectivity index (χ0n) is 18.7. The second kappa shape index (κ2) is 9.34. The quantitative estimate of drug-likeness (QED) is 0.548. The number of rotatable bonds is 6. The summed E-state index contributed by atoms with van der Waals surface area (Å²) in [7, 11) is 0. The molecule has 2 aromatic rings. The summed E-state index contributed by atoms with van der Waals surface area (Å²) in [6.07, 6.45) is -3.49. The van der Waals surface area contributed by atoms with Crippen LogP contribution in [0.5, 0.6) is 17.2 Å². The van der Waals surface area contributed by atoms with Gasteiger partial charge in [-0.05, 0) is 35.9 Å². The molecule has 2 aromatic carbocycles. The molecular weight excluding hydrogens is 453 g/mol. The first-order chi connectivity index (χ1) is 16.0. The van der Waals surface area contributed by atoms with Crippen molar-refractivity contribution in [3.05, 3.63) is 47.5 Å². The van der Waals surface area contributed by atoms with Crippen LogP contribution in [0, 0.1) is 0 Å². The smallest absolute Gasteiger partial charge is 0.416 e. The Labute approximate surface area is 195 Å². The number of benzene rings is 2. The number of anilines is 1. The van der Waals surface area contributed by atoms with Crippen molar-refractivity contribution in [3.8, 4) is 17.2 Å². The highest BCUT2D eigenvalue weighted by atomic mass is 19.4. The monoisotopic (exact) mass is 480 g/mol. The van der Waals surface area contributed by atoms with Gasteiger partial charge in [0, 0.05) is 51.9 Å². The highest BCUT2D eigenvalue weighted by molar-refractivity contribution is 5.90. The lowest BCUT2D eigenvalue weighted by Gasteiger charge is -2.39. The minimum absolute atomic E-state index is 0.0279. The normalized spacial score (nSPS) is 18.3. The lowest BCUT2D eigenvalue weighted by atomic mass is 9.86. The second-order valence-electron chi connectivity index (χ2n) is 8.91. The third-order valence-electron chi connectivity index (χ3n) is 6.17. The molecule has 7 nitrogen and oxygen atoms in total. The summed E-state index contributed by atoms with van der Waals surface area (Å²) in [5.74, 6) is 0.447. The van der Waals surface area contributed by atoms with Gasteiger partial charge in [0.05, 0.1) is 11.3 Å². The van der Waals surface area contributed by atoms with Crippen LogP contribution in [0.25, 0.3) is 0 Å². The van der Waals surface area contributed by atoms with Crippen molar-refractivity contribution < 1.29 is 37.7 Å². The number of phenols is 1. The molecule has 1 atom stereocenters. The average molecular weight is 480 g/mol. The van der Waals surface area contributed by atoms with Crippen molar-refractivity contribution in [2.75, 3.05) is 31.6 Å². The molecule has 0 unspecified atom stereocenters. The number of fused-ring (bicyclic) bond motifs is 1. The molecule has 2 heterocycles. The van der Waals surface area contributed by atoms with Gasteiger partial charge in [0.15, 0.2) is 0 Å².